The molecule has 0 spiro atoms. The van der Waals surface area contributed by atoms with Crippen molar-refractivity contribution in [3.63, 3.8) is 0 Å². The molecule has 1 rings (SSSR count). The van der Waals surface area contributed by atoms with E-state index in [0.29, 0.717) is 6.54 Å². The summed E-state index contributed by atoms with van der Waals surface area (Å²) in [4.78, 5) is 0. The first-order valence-corrected chi connectivity index (χ1v) is 4.55. The van der Waals surface area contributed by atoms with E-state index >= 15 is 0 Å². The van der Waals surface area contributed by atoms with Crippen LogP contribution in [0.1, 0.15) is 17.5 Å². The third kappa shape index (κ3) is 2.71. The van der Waals surface area contributed by atoms with Gasteiger partial charge >= 0.3 is 0 Å². The summed E-state index contributed by atoms with van der Waals surface area (Å²) in [6, 6.07) is 7.57. The first-order valence-electron chi connectivity index (χ1n) is 4.55. The zero-order valence-corrected chi connectivity index (χ0v) is 8.03. The molecule has 0 aromatic heterocycles. The molecular formula is C11H15N3. The standard InChI is InChI=1S/C11H15N3/c12-8-4-3-6-9-5-1-2-7-10(9)11(13)14/h1-3,5-7H,4,8,12H2,(H3,13,14). The fraction of sp³-hybridized carbons (Fsp3) is 0.182. The van der Waals surface area contributed by atoms with Gasteiger partial charge in [-0.15, -0.1) is 0 Å². The average molecular weight is 189 g/mol. The average Bonchev–Trinajstić information content (AvgIpc) is 2.19. The number of benzene rings is 1. The van der Waals surface area contributed by atoms with Crippen LogP contribution in [0.15, 0.2) is 30.3 Å². The lowest BCUT2D eigenvalue weighted by atomic mass is 10.1. The molecule has 1 aromatic carbocycles. The molecule has 0 unspecified atom stereocenters. The van der Waals surface area contributed by atoms with Crippen molar-refractivity contribution in [3.05, 3.63) is 41.5 Å². The van der Waals surface area contributed by atoms with Gasteiger partial charge in [0.25, 0.3) is 0 Å². The molecule has 0 saturated carbocycles. The van der Waals surface area contributed by atoms with Crippen LogP contribution in [0.3, 0.4) is 0 Å². The Morgan fingerprint density at radius 2 is 2.07 bits per heavy atom. The van der Waals surface area contributed by atoms with E-state index in [2.05, 4.69) is 0 Å². The van der Waals surface area contributed by atoms with Crippen LogP contribution in [0.4, 0.5) is 0 Å². The molecule has 0 aliphatic carbocycles. The second kappa shape index (κ2) is 5.19. The minimum atomic E-state index is 0.0954. The molecule has 0 fully saturated rings. The van der Waals surface area contributed by atoms with Crippen molar-refractivity contribution in [1.82, 2.24) is 0 Å². The molecule has 0 aliphatic rings. The second-order valence-corrected chi connectivity index (χ2v) is 2.98. The molecule has 0 atom stereocenters. The Labute approximate surface area is 83.9 Å². The number of nitrogen functional groups attached to an aromatic ring is 1. The summed E-state index contributed by atoms with van der Waals surface area (Å²) >= 11 is 0. The van der Waals surface area contributed by atoms with Gasteiger partial charge in [0.2, 0.25) is 0 Å². The van der Waals surface area contributed by atoms with Crippen molar-refractivity contribution in [3.8, 4) is 0 Å². The van der Waals surface area contributed by atoms with Gasteiger partial charge < -0.3 is 11.5 Å². The van der Waals surface area contributed by atoms with E-state index in [1.54, 1.807) is 0 Å². The lowest BCUT2D eigenvalue weighted by Gasteiger charge is -2.02. The summed E-state index contributed by atoms with van der Waals surface area (Å²) in [7, 11) is 0. The number of hydrogen-bond donors (Lipinski definition) is 3. The Balaban J connectivity index is 2.90. The molecule has 0 saturated heterocycles. The monoisotopic (exact) mass is 189 g/mol. The fourth-order valence-corrected chi connectivity index (χ4v) is 1.19. The Morgan fingerprint density at radius 3 is 2.71 bits per heavy atom. The lowest BCUT2D eigenvalue weighted by molar-refractivity contribution is 1.01. The van der Waals surface area contributed by atoms with Crippen LogP contribution in [0.5, 0.6) is 0 Å². The molecule has 0 heterocycles. The number of nitrogens with one attached hydrogen (secondary N) is 1. The van der Waals surface area contributed by atoms with Gasteiger partial charge in [-0.25, -0.2) is 0 Å². The van der Waals surface area contributed by atoms with Gasteiger partial charge in [0, 0.05) is 5.56 Å². The molecular weight excluding hydrogens is 174 g/mol. The number of amidine groups is 1. The maximum Gasteiger partial charge on any atom is 0.123 e. The molecule has 1 aromatic rings. The van der Waals surface area contributed by atoms with Crippen LogP contribution in [0.2, 0.25) is 0 Å². The van der Waals surface area contributed by atoms with Crippen LogP contribution in [-0.4, -0.2) is 12.4 Å². The van der Waals surface area contributed by atoms with Crippen LogP contribution in [-0.2, 0) is 0 Å². The molecule has 3 nitrogen and oxygen atoms in total. The zero-order valence-electron chi connectivity index (χ0n) is 8.03. The second-order valence-electron chi connectivity index (χ2n) is 2.98. The van der Waals surface area contributed by atoms with Crippen molar-refractivity contribution in [2.24, 2.45) is 11.5 Å². The molecule has 5 N–H and O–H groups in total. The van der Waals surface area contributed by atoms with Gasteiger partial charge in [0.05, 0.1) is 0 Å². The molecule has 0 amide bonds. The maximum absolute atomic E-state index is 7.38. The summed E-state index contributed by atoms with van der Waals surface area (Å²) in [5.74, 6) is 0.0954. The van der Waals surface area contributed by atoms with Gasteiger partial charge in [0.1, 0.15) is 5.84 Å². The molecule has 0 radical (unpaired) electrons. The normalized spacial score (nSPS) is 10.6. The summed E-state index contributed by atoms with van der Waals surface area (Å²) in [6.45, 7) is 0.638. The van der Waals surface area contributed by atoms with Gasteiger partial charge in [-0.1, -0.05) is 36.4 Å². The molecule has 3 heteroatoms. The van der Waals surface area contributed by atoms with Crippen LogP contribution in [0.25, 0.3) is 6.08 Å². The Morgan fingerprint density at radius 1 is 1.36 bits per heavy atom. The topological polar surface area (TPSA) is 75.9 Å². The molecule has 14 heavy (non-hydrogen) atoms. The van der Waals surface area contributed by atoms with Crippen molar-refractivity contribution in [2.75, 3.05) is 6.54 Å². The van der Waals surface area contributed by atoms with Crippen molar-refractivity contribution in [1.29, 1.82) is 5.41 Å². The minimum Gasteiger partial charge on any atom is -0.384 e. The maximum atomic E-state index is 7.38. The van der Waals surface area contributed by atoms with E-state index < -0.39 is 0 Å². The number of rotatable bonds is 4. The van der Waals surface area contributed by atoms with Crippen LogP contribution in [0, 0.1) is 5.41 Å². The Bertz CT molecular complexity index is 342. The van der Waals surface area contributed by atoms with E-state index in [1.807, 2.05) is 36.4 Å². The highest BCUT2D eigenvalue weighted by molar-refractivity contribution is 5.98. The van der Waals surface area contributed by atoms with E-state index in [4.69, 9.17) is 16.9 Å². The van der Waals surface area contributed by atoms with E-state index in [1.165, 1.54) is 0 Å². The molecule has 0 bridgehead atoms. The third-order valence-corrected chi connectivity index (χ3v) is 1.88. The quantitative estimate of drug-likeness (QED) is 0.493. The summed E-state index contributed by atoms with van der Waals surface area (Å²) in [5, 5.41) is 7.38. The Hall–Kier alpha value is -1.61. The van der Waals surface area contributed by atoms with Gasteiger partial charge in [0.15, 0.2) is 0 Å². The zero-order chi connectivity index (χ0) is 10.4. The third-order valence-electron chi connectivity index (χ3n) is 1.88. The predicted molar refractivity (Wildman–Crippen MR) is 60.2 cm³/mol. The Kier molecular flexibility index (Phi) is 3.88. The van der Waals surface area contributed by atoms with Gasteiger partial charge in [-0.3, -0.25) is 5.41 Å². The van der Waals surface area contributed by atoms with Crippen LogP contribution >= 0.6 is 0 Å². The largest absolute Gasteiger partial charge is 0.384 e. The fourth-order valence-electron chi connectivity index (χ4n) is 1.19. The predicted octanol–water partition coefficient (Wildman–Crippen LogP) is 1.33. The lowest BCUT2D eigenvalue weighted by Crippen LogP contribution is -2.12. The van der Waals surface area contributed by atoms with Crippen molar-refractivity contribution < 1.29 is 0 Å². The highest BCUT2D eigenvalue weighted by Crippen LogP contribution is 2.09. The van der Waals surface area contributed by atoms with Crippen molar-refractivity contribution >= 4 is 11.9 Å². The first-order chi connectivity index (χ1) is 6.75. The minimum absolute atomic E-state index is 0.0954. The van der Waals surface area contributed by atoms with Crippen molar-refractivity contribution in [2.45, 2.75) is 6.42 Å². The van der Waals surface area contributed by atoms with E-state index in [-0.39, 0.29) is 5.84 Å². The summed E-state index contributed by atoms with van der Waals surface area (Å²) in [5.41, 5.74) is 12.5. The first kappa shape index (κ1) is 10.5. The highest BCUT2D eigenvalue weighted by Gasteiger charge is 1.99. The van der Waals surface area contributed by atoms with E-state index in [9.17, 15) is 0 Å². The van der Waals surface area contributed by atoms with Crippen LogP contribution < -0.4 is 11.5 Å². The molecule has 0 aliphatic heterocycles. The van der Waals surface area contributed by atoms with Gasteiger partial charge in [-0.2, -0.15) is 0 Å². The number of nitrogens with two attached hydrogens (primary N) is 2. The highest BCUT2D eigenvalue weighted by atomic mass is 14.7. The smallest absolute Gasteiger partial charge is 0.123 e. The SMILES string of the molecule is N=C(N)c1ccccc1C=CCCN. The van der Waals surface area contributed by atoms with Gasteiger partial charge in [-0.05, 0) is 18.5 Å². The summed E-state index contributed by atoms with van der Waals surface area (Å²) < 4.78 is 0. The summed E-state index contributed by atoms with van der Waals surface area (Å²) in [6.07, 6.45) is 4.78. The molecule has 74 valence electrons. The number of hydrogen-bond acceptors (Lipinski definition) is 2. The van der Waals surface area contributed by atoms with E-state index in [0.717, 1.165) is 17.5 Å².